The van der Waals surface area contributed by atoms with E-state index in [1.165, 1.54) is 120 Å². The monoisotopic (exact) mass is 946 g/mol. The Kier molecular flexibility index (Phi) is 8.98. The lowest BCUT2D eigenvalue weighted by Crippen LogP contribution is -2.74. The van der Waals surface area contributed by atoms with Crippen molar-refractivity contribution in [1.82, 2.24) is 9.13 Å². The molecule has 0 amide bonds. The average Bonchev–Trinajstić information content (AvgIpc) is 3.98. The molecule has 2 aromatic heterocycles. The van der Waals surface area contributed by atoms with Crippen LogP contribution in [0.5, 0.6) is 0 Å². The van der Waals surface area contributed by atoms with Crippen molar-refractivity contribution in [3.8, 4) is 22.5 Å². The molecule has 3 heterocycles. The topological polar surface area (TPSA) is 9.86 Å². The van der Waals surface area contributed by atoms with Crippen LogP contribution in [-0.2, 0) is 10.8 Å². The molecule has 1 spiro atoms. The van der Waals surface area contributed by atoms with Crippen molar-refractivity contribution in [2.75, 3.05) is 0 Å². The molecule has 344 valence electrons. The van der Waals surface area contributed by atoms with E-state index in [2.05, 4.69) is 290 Å². The fourth-order valence-electron chi connectivity index (χ4n) is 13.9. The molecule has 0 bridgehead atoms. The third-order valence-electron chi connectivity index (χ3n) is 16.9. The van der Waals surface area contributed by atoms with E-state index in [-0.39, 0.29) is 5.41 Å². The smallest absolute Gasteiger partial charge is 0.179 e. The number of para-hydroxylation sites is 3. The van der Waals surface area contributed by atoms with Crippen molar-refractivity contribution in [1.29, 1.82) is 0 Å². The standard InChI is InChI=1S/C70H50N2Si/c1-69(2)58-32-16-18-34-60(58)70(61-35-19-17-33-59(61)69)62-41-40-53(73(50-24-9-4-10-25-50,51-26-11-5-12-27-51)52-28-13-6-14-29-52)46-67(62)72-66-43-39-48(45-57(66)55-31-21-36-63(70)68(55)72)47-38-42-65-56(44-47)54-30-15-20-37-64(54)71(65)49-22-7-3-8-23-49/h3-46H,1-2H3. The number of benzene rings is 11. The Morgan fingerprint density at radius 2 is 0.753 bits per heavy atom. The molecule has 0 saturated carbocycles. The molecule has 11 aromatic carbocycles. The predicted octanol–water partition coefficient (Wildman–Crippen LogP) is 14.3. The molecule has 0 saturated heterocycles. The molecule has 1 aliphatic carbocycles. The summed E-state index contributed by atoms with van der Waals surface area (Å²) < 4.78 is 5.05. The molecule has 0 fully saturated rings. The van der Waals surface area contributed by atoms with E-state index in [1.54, 1.807) is 0 Å². The van der Waals surface area contributed by atoms with Crippen LogP contribution >= 0.6 is 0 Å². The zero-order valence-electron chi connectivity index (χ0n) is 40.8. The van der Waals surface area contributed by atoms with E-state index in [1.807, 2.05) is 0 Å². The van der Waals surface area contributed by atoms with Crippen LogP contribution in [-0.4, -0.2) is 17.2 Å². The van der Waals surface area contributed by atoms with Crippen LogP contribution < -0.4 is 20.7 Å². The van der Waals surface area contributed by atoms with Crippen molar-refractivity contribution >= 4 is 72.4 Å². The van der Waals surface area contributed by atoms with Gasteiger partial charge in [0, 0.05) is 32.6 Å². The summed E-state index contributed by atoms with van der Waals surface area (Å²) in [4.78, 5) is 0. The maximum atomic E-state index is 2.65. The van der Waals surface area contributed by atoms with Gasteiger partial charge in [0.2, 0.25) is 0 Å². The van der Waals surface area contributed by atoms with Gasteiger partial charge in [0.15, 0.2) is 8.07 Å². The van der Waals surface area contributed by atoms with Gasteiger partial charge in [-0.05, 0) is 114 Å². The third kappa shape index (κ3) is 5.63. The van der Waals surface area contributed by atoms with Gasteiger partial charge in [-0.1, -0.05) is 232 Å². The second-order valence-electron chi connectivity index (χ2n) is 20.7. The Balaban J connectivity index is 1.05. The molecule has 1 aliphatic heterocycles. The van der Waals surface area contributed by atoms with E-state index in [0.717, 1.165) is 0 Å². The van der Waals surface area contributed by atoms with Gasteiger partial charge in [-0.25, -0.2) is 0 Å². The molecule has 15 rings (SSSR count). The summed E-state index contributed by atoms with van der Waals surface area (Å²) in [5.74, 6) is 0. The molecule has 0 N–H and O–H groups in total. The van der Waals surface area contributed by atoms with Crippen molar-refractivity contribution in [3.05, 3.63) is 300 Å². The van der Waals surface area contributed by atoms with E-state index in [0.29, 0.717) is 0 Å². The molecule has 13 aromatic rings. The van der Waals surface area contributed by atoms with Gasteiger partial charge in [-0.15, -0.1) is 0 Å². The van der Waals surface area contributed by atoms with Gasteiger partial charge < -0.3 is 9.13 Å². The van der Waals surface area contributed by atoms with Crippen molar-refractivity contribution in [2.45, 2.75) is 24.7 Å². The minimum Gasteiger partial charge on any atom is -0.309 e. The minimum atomic E-state index is -2.94. The van der Waals surface area contributed by atoms with Gasteiger partial charge in [0.1, 0.15) is 0 Å². The average molecular weight is 947 g/mol. The lowest BCUT2D eigenvalue weighted by atomic mass is 9.53. The van der Waals surface area contributed by atoms with Gasteiger partial charge in [-0.3, -0.25) is 0 Å². The highest BCUT2D eigenvalue weighted by Crippen LogP contribution is 2.60. The van der Waals surface area contributed by atoms with E-state index < -0.39 is 13.5 Å². The Hall–Kier alpha value is -8.76. The molecule has 0 atom stereocenters. The first kappa shape index (κ1) is 42.0. The molecule has 2 nitrogen and oxygen atoms in total. The van der Waals surface area contributed by atoms with Crippen LogP contribution in [0.1, 0.15) is 47.2 Å². The van der Waals surface area contributed by atoms with E-state index in [9.17, 15) is 0 Å². The maximum absolute atomic E-state index is 2.94. The van der Waals surface area contributed by atoms with Crippen molar-refractivity contribution in [3.63, 3.8) is 0 Å². The number of fused-ring (bicyclic) bond motifs is 14. The first-order chi connectivity index (χ1) is 36.0. The number of rotatable bonds is 6. The van der Waals surface area contributed by atoms with E-state index >= 15 is 0 Å². The van der Waals surface area contributed by atoms with Crippen molar-refractivity contribution in [2.24, 2.45) is 0 Å². The SMILES string of the molecule is CC1(C)c2ccccc2C2(c3ccc([Si](c4ccccc4)(c4ccccc4)c4ccccc4)cc3-n3c4ccc(-c5ccc6c(c5)c5ccccc5n6-c5ccccc5)cc4c4cccc2c43)c2ccccc21. The quantitative estimate of drug-likeness (QED) is 0.116. The van der Waals surface area contributed by atoms with Gasteiger partial charge >= 0.3 is 0 Å². The van der Waals surface area contributed by atoms with Gasteiger partial charge in [-0.2, -0.15) is 0 Å². The van der Waals surface area contributed by atoms with Crippen molar-refractivity contribution < 1.29 is 0 Å². The highest BCUT2D eigenvalue weighted by atomic mass is 28.3. The van der Waals surface area contributed by atoms with Crippen LogP contribution in [0.15, 0.2) is 267 Å². The normalized spacial score (nSPS) is 14.1. The lowest BCUT2D eigenvalue weighted by molar-refractivity contribution is 0.556. The molecule has 3 heteroatoms. The van der Waals surface area contributed by atoms with Crippen LogP contribution in [0.2, 0.25) is 0 Å². The number of nitrogens with zero attached hydrogens (tertiary/aromatic N) is 2. The first-order valence-electron chi connectivity index (χ1n) is 25.7. The highest BCUT2D eigenvalue weighted by molar-refractivity contribution is 7.19. The maximum Gasteiger partial charge on any atom is 0.179 e. The number of aromatic nitrogens is 2. The predicted molar refractivity (Wildman–Crippen MR) is 308 cm³/mol. The zero-order chi connectivity index (χ0) is 48.5. The lowest BCUT2D eigenvalue weighted by Gasteiger charge is -2.50. The van der Waals surface area contributed by atoms with E-state index in [4.69, 9.17) is 0 Å². The largest absolute Gasteiger partial charge is 0.309 e. The Bertz CT molecular complexity index is 4190. The van der Waals surface area contributed by atoms with Crippen LogP contribution in [0, 0.1) is 0 Å². The molecular weight excluding hydrogens is 897 g/mol. The molecule has 0 unspecified atom stereocenters. The van der Waals surface area contributed by atoms with Crippen LogP contribution in [0.3, 0.4) is 0 Å². The number of hydrogen-bond donors (Lipinski definition) is 0. The Morgan fingerprint density at radius 1 is 0.301 bits per heavy atom. The minimum absolute atomic E-state index is 0.212. The van der Waals surface area contributed by atoms with Crippen LogP contribution in [0.4, 0.5) is 0 Å². The second-order valence-corrected chi connectivity index (χ2v) is 24.5. The van der Waals surface area contributed by atoms with Gasteiger partial charge in [0.25, 0.3) is 0 Å². The fourth-order valence-corrected chi connectivity index (χ4v) is 18.6. The molecule has 0 radical (unpaired) electrons. The summed E-state index contributed by atoms with van der Waals surface area (Å²) in [6, 6.07) is 101. The summed E-state index contributed by atoms with van der Waals surface area (Å²) in [5.41, 5.74) is 17.0. The summed E-state index contributed by atoms with van der Waals surface area (Å²) in [6.07, 6.45) is 0. The molecule has 2 aliphatic rings. The Morgan fingerprint density at radius 3 is 1.34 bits per heavy atom. The third-order valence-corrected chi connectivity index (χ3v) is 21.7. The first-order valence-corrected chi connectivity index (χ1v) is 27.7. The zero-order valence-corrected chi connectivity index (χ0v) is 41.8. The van der Waals surface area contributed by atoms with Crippen LogP contribution in [0.25, 0.3) is 66.1 Å². The number of hydrogen-bond acceptors (Lipinski definition) is 0. The summed E-state index contributed by atoms with van der Waals surface area (Å²) in [7, 11) is -2.94. The Labute approximate surface area is 426 Å². The summed E-state index contributed by atoms with van der Waals surface area (Å²) in [5, 5.41) is 10.5. The highest BCUT2D eigenvalue weighted by Gasteiger charge is 2.53. The second kappa shape index (κ2) is 15.6. The molecular formula is C70H50N2Si. The summed E-state index contributed by atoms with van der Waals surface area (Å²) in [6.45, 7) is 4.83. The summed E-state index contributed by atoms with van der Waals surface area (Å²) >= 11 is 0. The van der Waals surface area contributed by atoms with Gasteiger partial charge in [0.05, 0.1) is 33.2 Å². The fraction of sp³-hybridized carbons (Fsp3) is 0.0571. The molecule has 73 heavy (non-hydrogen) atoms.